The van der Waals surface area contributed by atoms with Crippen molar-refractivity contribution in [2.45, 2.75) is 25.2 Å². The molecule has 0 fully saturated rings. The Hall–Kier alpha value is -1.14. The first-order chi connectivity index (χ1) is 8.21. The van der Waals surface area contributed by atoms with E-state index in [1.807, 2.05) is 18.8 Å². The standard InChI is InChI=1S/C14H20N2S/c1-4-12(10-15)11-16(3)13-6-8-14(9-7-13)17-5-2/h6-9,12H,4-5,11H2,1-3H3. The van der Waals surface area contributed by atoms with Crippen LogP contribution < -0.4 is 4.90 Å². The lowest BCUT2D eigenvalue weighted by Crippen LogP contribution is -2.24. The van der Waals surface area contributed by atoms with Crippen molar-refractivity contribution in [3.8, 4) is 6.07 Å². The first-order valence-corrected chi connectivity index (χ1v) is 7.03. The molecule has 1 aromatic rings. The maximum Gasteiger partial charge on any atom is 0.0674 e. The highest BCUT2D eigenvalue weighted by molar-refractivity contribution is 7.99. The van der Waals surface area contributed by atoms with Crippen LogP contribution in [0.1, 0.15) is 20.3 Å². The van der Waals surface area contributed by atoms with Crippen molar-refractivity contribution >= 4 is 17.4 Å². The zero-order valence-electron chi connectivity index (χ0n) is 10.8. The third-order valence-corrected chi connectivity index (χ3v) is 3.65. The molecule has 1 rings (SSSR count). The molecule has 1 atom stereocenters. The minimum atomic E-state index is 0.115. The Morgan fingerprint density at radius 1 is 1.29 bits per heavy atom. The molecule has 0 spiro atoms. The molecular formula is C14H20N2S. The van der Waals surface area contributed by atoms with E-state index in [1.54, 1.807) is 0 Å². The predicted molar refractivity (Wildman–Crippen MR) is 75.5 cm³/mol. The molecule has 0 saturated carbocycles. The summed E-state index contributed by atoms with van der Waals surface area (Å²) in [6.07, 6.45) is 0.907. The van der Waals surface area contributed by atoms with Crippen molar-refractivity contribution in [2.75, 3.05) is 24.2 Å². The highest BCUT2D eigenvalue weighted by Gasteiger charge is 2.09. The number of anilines is 1. The molecule has 0 saturated heterocycles. The van der Waals surface area contributed by atoms with Gasteiger partial charge in [-0.2, -0.15) is 5.26 Å². The highest BCUT2D eigenvalue weighted by atomic mass is 32.2. The van der Waals surface area contributed by atoms with Gasteiger partial charge in [-0.3, -0.25) is 0 Å². The molecule has 0 N–H and O–H groups in total. The van der Waals surface area contributed by atoms with Crippen LogP contribution in [0.25, 0.3) is 0 Å². The fraction of sp³-hybridized carbons (Fsp3) is 0.500. The van der Waals surface area contributed by atoms with Crippen LogP contribution in [0.15, 0.2) is 29.2 Å². The minimum absolute atomic E-state index is 0.115. The molecule has 0 radical (unpaired) electrons. The van der Waals surface area contributed by atoms with Gasteiger partial charge in [0.25, 0.3) is 0 Å². The monoisotopic (exact) mass is 248 g/mol. The number of benzene rings is 1. The summed E-state index contributed by atoms with van der Waals surface area (Å²) in [4.78, 5) is 3.45. The molecule has 92 valence electrons. The fourth-order valence-corrected chi connectivity index (χ4v) is 2.32. The fourth-order valence-electron chi connectivity index (χ4n) is 1.66. The van der Waals surface area contributed by atoms with Crippen LogP contribution >= 0.6 is 11.8 Å². The summed E-state index contributed by atoms with van der Waals surface area (Å²) >= 11 is 1.85. The number of nitrogens with zero attached hydrogens (tertiary/aromatic N) is 2. The SMILES string of the molecule is CCSc1ccc(N(C)CC(C#N)CC)cc1. The summed E-state index contributed by atoms with van der Waals surface area (Å²) in [5.41, 5.74) is 1.18. The second kappa shape index (κ2) is 7.24. The van der Waals surface area contributed by atoms with Crippen LogP contribution in [-0.4, -0.2) is 19.3 Å². The zero-order valence-corrected chi connectivity index (χ0v) is 11.6. The molecule has 0 aromatic heterocycles. The van der Waals surface area contributed by atoms with Crippen LogP contribution in [-0.2, 0) is 0 Å². The van der Waals surface area contributed by atoms with Crippen molar-refractivity contribution < 1.29 is 0 Å². The van der Waals surface area contributed by atoms with E-state index in [0.717, 1.165) is 18.7 Å². The smallest absolute Gasteiger partial charge is 0.0674 e. The average Bonchev–Trinajstić information content (AvgIpc) is 2.37. The van der Waals surface area contributed by atoms with E-state index in [2.05, 4.69) is 49.1 Å². The van der Waals surface area contributed by atoms with E-state index in [-0.39, 0.29) is 5.92 Å². The van der Waals surface area contributed by atoms with Crippen LogP contribution in [0.2, 0.25) is 0 Å². The molecule has 0 bridgehead atoms. The normalized spacial score (nSPS) is 11.9. The first kappa shape index (κ1) is 13.9. The van der Waals surface area contributed by atoms with Crippen molar-refractivity contribution in [1.29, 1.82) is 5.26 Å². The van der Waals surface area contributed by atoms with E-state index in [9.17, 15) is 0 Å². The molecule has 0 heterocycles. The van der Waals surface area contributed by atoms with Crippen molar-refractivity contribution in [3.05, 3.63) is 24.3 Å². The summed E-state index contributed by atoms with van der Waals surface area (Å²) < 4.78 is 0. The van der Waals surface area contributed by atoms with E-state index in [0.29, 0.717) is 0 Å². The van der Waals surface area contributed by atoms with Gasteiger partial charge in [0.1, 0.15) is 0 Å². The molecule has 2 nitrogen and oxygen atoms in total. The van der Waals surface area contributed by atoms with Gasteiger partial charge in [0.05, 0.1) is 12.0 Å². The summed E-state index contributed by atoms with van der Waals surface area (Å²) in [6, 6.07) is 10.9. The molecule has 1 aromatic carbocycles. The lowest BCUT2D eigenvalue weighted by Gasteiger charge is -2.21. The van der Waals surface area contributed by atoms with Gasteiger partial charge in [0, 0.05) is 24.2 Å². The number of thioether (sulfide) groups is 1. The molecule has 0 amide bonds. The molecule has 3 heteroatoms. The summed E-state index contributed by atoms with van der Waals surface area (Å²) in [7, 11) is 2.04. The maximum atomic E-state index is 8.96. The minimum Gasteiger partial charge on any atom is -0.373 e. The van der Waals surface area contributed by atoms with E-state index >= 15 is 0 Å². The average molecular weight is 248 g/mol. The van der Waals surface area contributed by atoms with Gasteiger partial charge in [-0.05, 0) is 36.4 Å². The number of hydrogen-bond donors (Lipinski definition) is 0. The van der Waals surface area contributed by atoms with Crippen LogP contribution in [0, 0.1) is 17.2 Å². The molecule has 0 aliphatic heterocycles. The Balaban J connectivity index is 2.63. The molecule has 1 unspecified atom stereocenters. The van der Waals surface area contributed by atoms with Crippen LogP contribution in [0.3, 0.4) is 0 Å². The lowest BCUT2D eigenvalue weighted by atomic mass is 10.1. The number of nitriles is 1. The second-order valence-electron chi connectivity index (χ2n) is 4.04. The molecule has 17 heavy (non-hydrogen) atoms. The number of rotatable bonds is 6. The van der Waals surface area contributed by atoms with Crippen LogP contribution in [0.4, 0.5) is 5.69 Å². The zero-order chi connectivity index (χ0) is 12.7. The van der Waals surface area contributed by atoms with E-state index < -0.39 is 0 Å². The van der Waals surface area contributed by atoms with Gasteiger partial charge in [-0.1, -0.05) is 13.8 Å². The summed E-state index contributed by atoms with van der Waals surface area (Å²) in [6.45, 7) is 5.01. The Kier molecular flexibility index (Phi) is 5.93. The third kappa shape index (κ3) is 4.32. The summed E-state index contributed by atoms with van der Waals surface area (Å²) in [5.74, 6) is 1.21. The van der Waals surface area contributed by atoms with Crippen molar-refractivity contribution in [2.24, 2.45) is 5.92 Å². The molecular weight excluding hydrogens is 228 g/mol. The van der Waals surface area contributed by atoms with E-state index in [4.69, 9.17) is 5.26 Å². The van der Waals surface area contributed by atoms with Crippen LogP contribution in [0.5, 0.6) is 0 Å². The number of hydrogen-bond acceptors (Lipinski definition) is 3. The Bertz CT molecular complexity index is 367. The molecule has 0 aliphatic carbocycles. The lowest BCUT2D eigenvalue weighted by molar-refractivity contribution is 0.631. The van der Waals surface area contributed by atoms with Crippen molar-refractivity contribution in [1.82, 2.24) is 0 Å². The quantitative estimate of drug-likeness (QED) is 0.717. The molecule has 0 aliphatic rings. The largest absolute Gasteiger partial charge is 0.373 e. The second-order valence-corrected chi connectivity index (χ2v) is 5.38. The Morgan fingerprint density at radius 3 is 2.41 bits per heavy atom. The van der Waals surface area contributed by atoms with Gasteiger partial charge >= 0.3 is 0 Å². The predicted octanol–water partition coefficient (Wildman–Crippen LogP) is 3.78. The Morgan fingerprint density at radius 2 is 1.94 bits per heavy atom. The third-order valence-electron chi connectivity index (χ3n) is 2.76. The van der Waals surface area contributed by atoms with Gasteiger partial charge in [-0.15, -0.1) is 11.8 Å². The summed E-state index contributed by atoms with van der Waals surface area (Å²) in [5, 5.41) is 8.96. The van der Waals surface area contributed by atoms with Crippen molar-refractivity contribution in [3.63, 3.8) is 0 Å². The Labute approximate surface area is 109 Å². The first-order valence-electron chi connectivity index (χ1n) is 6.04. The van der Waals surface area contributed by atoms with Gasteiger partial charge in [0.2, 0.25) is 0 Å². The maximum absolute atomic E-state index is 8.96. The van der Waals surface area contributed by atoms with Gasteiger partial charge < -0.3 is 4.90 Å². The highest BCUT2D eigenvalue weighted by Crippen LogP contribution is 2.22. The van der Waals surface area contributed by atoms with E-state index in [1.165, 1.54) is 10.6 Å². The van der Waals surface area contributed by atoms with Gasteiger partial charge in [-0.25, -0.2) is 0 Å². The van der Waals surface area contributed by atoms with Gasteiger partial charge in [0.15, 0.2) is 0 Å². The topological polar surface area (TPSA) is 27.0 Å².